The molecule has 0 spiro atoms. The fourth-order valence-electron chi connectivity index (χ4n) is 3.76. The molecule has 0 unspecified atom stereocenters. The Balaban J connectivity index is 1.62. The number of nitrogens with one attached hydrogen (secondary N) is 1. The SMILES string of the molecule is Cc1cc(CNC(=O)C2CCN(S(C)(=O)=O)CC2)c(C)n1-c1ccccc1. The number of benzene rings is 1. The van der Waals surface area contributed by atoms with Crippen LogP contribution in [0.3, 0.4) is 0 Å². The Kier molecular flexibility index (Phi) is 5.72. The van der Waals surface area contributed by atoms with E-state index < -0.39 is 10.0 Å². The van der Waals surface area contributed by atoms with E-state index >= 15 is 0 Å². The number of carbonyl (C=O) groups is 1. The molecule has 27 heavy (non-hydrogen) atoms. The summed E-state index contributed by atoms with van der Waals surface area (Å²) in [6, 6.07) is 12.3. The summed E-state index contributed by atoms with van der Waals surface area (Å²) in [7, 11) is -3.17. The second-order valence-corrected chi connectivity index (χ2v) is 9.20. The maximum Gasteiger partial charge on any atom is 0.223 e. The zero-order valence-electron chi connectivity index (χ0n) is 16.1. The van der Waals surface area contributed by atoms with Crippen molar-refractivity contribution in [1.82, 2.24) is 14.2 Å². The van der Waals surface area contributed by atoms with E-state index in [9.17, 15) is 13.2 Å². The Morgan fingerprint density at radius 1 is 1.15 bits per heavy atom. The standard InChI is InChI=1S/C20H27N3O3S/c1-15-13-18(16(2)23(15)19-7-5-4-6-8-19)14-21-20(24)17-9-11-22(12-10-17)27(3,25)26/h4-8,13,17H,9-12,14H2,1-3H3,(H,21,24). The first-order valence-corrected chi connectivity index (χ1v) is 11.1. The molecule has 1 amide bonds. The highest BCUT2D eigenvalue weighted by Gasteiger charge is 2.28. The number of sulfonamides is 1. The van der Waals surface area contributed by atoms with Gasteiger partial charge in [-0.1, -0.05) is 18.2 Å². The minimum absolute atomic E-state index is 0.00710. The van der Waals surface area contributed by atoms with Gasteiger partial charge in [0.05, 0.1) is 6.26 Å². The molecule has 1 aliphatic heterocycles. The summed E-state index contributed by atoms with van der Waals surface area (Å²) in [5.41, 5.74) is 4.45. The minimum atomic E-state index is -3.17. The summed E-state index contributed by atoms with van der Waals surface area (Å²) in [4.78, 5) is 12.5. The van der Waals surface area contributed by atoms with Gasteiger partial charge in [-0.2, -0.15) is 0 Å². The summed E-state index contributed by atoms with van der Waals surface area (Å²) in [6.45, 7) is 5.44. The molecule has 1 saturated heterocycles. The molecular formula is C20H27N3O3S. The topological polar surface area (TPSA) is 71.4 Å². The molecule has 3 rings (SSSR count). The fourth-order valence-corrected chi connectivity index (χ4v) is 4.63. The molecule has 0 aliphatic carbocycles. The van der Waals surface area contributed by atoms with E-state index in [-0.39, 0.29) is 11.8 Å². The van der Waals surface area contributed by atoms with Crippen LogP contribution in [-0.4, -0.2) is 42.5 Å². The third-order valence-corrected chi connectivity index (χ3v) is 6.60. The predicted octanol–water partition coefficient (Wildman–Crippen LogP) is 2.38. The molecule has 1 aromatic heterocycles. The lowest BCUT2D eigenvalue weighted by molar-refractivity contribution is -0.126. The van der Waals surface area contributed by atoms with Gasteiger partial charge in [0.25, 0.3) is 0 Å². The average Bonchev–Trinajstić information content (AvgIpc) is 2.93. The van der Waals surface area contributed by atoms with E-state index in [1.165, 1.54) is 10.6 Å². The predicted molar refractivity (Wildman–Crippen MR) is 106 cm³/mol. The van der Waals surface area contributed by atoms with Crippen molar-refractivity contribution in [2.75, 3.05) is 19.3 Å². The Morgan fingerprint density at radius 3 is 2.37 bits per heavy atom. The van der Waals surface area contributed by atoms with Gasteiger partial charge in [0.15, 0.2) is 0 Å². The first-order chi connectivity index (χ1) is 12.8. The Morgan fingerprint density at radius 2 is 1.78 bits per heavy atom. The maximum atomic E-state index is 12.5. The molecule has 0 radical (unpaired) electrons. The third kappa shape index (κ3) is 4.42. The number of piperidine rings is 1. The van der Waals surface area contributed by atoms with Crippen LogP contribution in [0.4, 0.5) is 0 Å². The van der Waals surface area contributed by atoms with Gasteiger partial charge in [0, 0.05) is 42.6 Å². The third-order valence-electron chi connectivity index (χ3n) is 5.30. The van der Waals surface area contributed by atoms with E-state index in [1.807, 2.05) is 18.2 Å². The van der Waals surface area contributed by atoms with Crippen LogP contribution in [-0.2, 0) is 21.4 Å². The molecule has 2 heterocycles. The van der Waals surface area contributed by atoms with E-state index in [0.29, 0.717) is 32.5 Å². The Labute approximate surface area is 161 Å². The van der Waals surface area contributed by atoms with Crippen molar-refractivity contribution in [3.05, 3.63) is 53.3 Å². The number of aromatic nitrogens is 1. The molecule has 0 bridgehead atoms. The second kappa shape index (κ2) is 7.86. The smallest absolute Gasteiger partial charge is 0.223 e. The second-order valence-electron chi connectivity index (χ2n) is 7.22. The Hall–Kier alpha value is -2.12. The molecule has 146 valence electrons. The number of carbonyl (C=O) groups excluding carboxylic acids is 1. The highest BCUT2D eigenvalue weighted by molar-refractivity contribution is 7.88. The quantitative estimate of drug-likeness (QED) is 0.853. The van der Waals surface area contributed by atoms with Crippen LogP contribution in [0.2, 0.25) is 0 Å². The zero-order chi connectivity index (χ0) is 19.6. The average molecular weight is 390 g/mol. The summed E-state index contributed by atoms with van der Waals surface area (Å²) in [5, 5.41) is 3.03. The van der Waals surface area contributed by atoms with Crippen molar-refractivity contribution >= 4 is 15.9 Å². The molecule has 0 saturated carbocycles. The van der Waals surface area contributed by atoms with Crippen LogP contribution >= 0.6 is 0 Å². The van der Waals surface area contributed by atoms with Crippen LogP contribution in [0.25, 0.3) is 5.69 Å². The largest absolute Gasteiger partial charge is 0.352 e. The van der Waals surface area contributed by atoms with Gasteiger partial charge in [0.2, 0.25) is 15.9 Å². The molecule has 2 aromatic rings. The van der Waals surface area contributed by atoms with E-state index in [0.717, 1.165) is 22.6 Å². The normalized spacial score (nSPS) is 16.4. The molecule has 1 N–H and O–H groups in total. The van der Waals surface area contributed by atoms with Crippen LogP contribution in [0.1, 0.15) is 29.8 Å². The summed E-state index contributed by atoms with van der Waals surface area (Å²) in [5.74, 6) is -0.117. The number of amides is 1. The number of para-hydroxylation sites is 1. The number of hydrogen-bond donors (Lipinski definition) is 1. The molecule has 1 fully saturated rings. The lowest BCUT2D eigenvalue weighted by atomic mass is 9.97. The van der Waals surface area contributed by atoms with E-state index in [4.69, 9.17) is 0 Å². The summed E-state index contributed by atoms with van der Waals surface area (Å²) < 4.78 is 26.8. The van der Waals surface area contributed by atoms with Crippen molar-refractivity contribution in [3.63, 3.8) is 0 Å². The van der Waals surface area contributed by atoms with E-state index in [1.54, 1.807) is 0 Å². The monoisotopic (exact) mass is 389 g/mol. The van der Waals surface area contributed by atoms with Crippen molar-refractivity contribution in [3.8, 4) is 5.69 Å². The van der Waals surface area contributed by atoms with Gasteiger partial charge in [0.1, 0.15) is 0 Å². The molecule has 6 nitrogen and oxygen atoms in total. The van der Waals surface area contributed by atoms with Gasteiger partial charge in [-0.25, -0.2) is 12.7 Å². The van der Waals surface area contributed by atoms with Crippen LogP contribution in [0.15, 0.2) is 36.4 Å². The Bertz CT molecular complexity index is 911. The van der Waals surface area contributed by atoms with Crippen molar-refractivity contribution in [1.29, 1.82) is 0 Å². The molecule has 1 aliphatic rings. The molecular weight excluding hydrogens is 362 g/mol. The highest BCUT2D eigenvalue weighted by Crippen LogP contribution is 2.22. The van der Waals surface area contributed by atoms with Crippen molar-refractivity contribution in [2.45, 2.75) is 33.2 Å². The molecule has 7 heteroatoms. The molecule has 1 aromatic carbocycles. The fraction of sp³-hybridized carbons (Fsp3) is 0.450. The van der Waals surface area contributed by atoms with Gasteiger partial charge in [-0.15, -0.1) is 0 Å². The summed E-state index contributed by atoms with van der Waals surface area (Å²) in [6.07, 6.45) is 2.36. The number of hydrogen-bond acceptors (Lipinski definition) is 3. The molecule has 0 atom stereocenters. The van der Waals surface area contributed by atoms with Crippen LogP contribution in [0.5, 0.6) is 0 Å². The number of rotatable bonds is 5. The van der Waals surface area contributed by atoms with Crippen LogP contribution in [0, 0.1) is 19.8 Å². The van der Waals surface area contributed by atoms with Crippen molar-refractivity contribution < 1.29 is 13.2 Å². The van der Waals surface area contributed by atoms with Gasteiger partial charge >= 0.3 is 0 Å². The highest BCUT2D eigenvalue weighted by atomic mass is 32.2. The first-order valence-electron chi connectivity index (χ1n) is 9.23. The first kappa shape index (κ1) is 19.6. The lowest BCUT2D eigenvalue weighted by Gasteiger charge is -2.29. The maximum absolute atomic E-state index is 12.5. The van der Waals surface area contributed by atoms with Gasteiger partial charge in [-0.05, 0) is 50.5 Å². The van der Waals surface area contributed by atoms with Crippen LogP contribution < -0.4 is 5.32 Å². The summed E-state index contributed by atoms with van der Waals surface area (Å²) >= 11 is 0. The zero-order valence-corrected chi connectivity index (χ0v) is 16.9. The minimum Gasteiger partial charge on any atom is -0.352 e. The number of nitrogens with zero attached hydrogens (tertiary/aromatic N) is 2. The van der Waals surface area contributed by atoms with Gasteiger partial charge in [-0.3, -0.25) is 4.79 Å². The van der Waals surface area contributed by atoms with E-state index in [2.05, 4.69) is 41.9 Å². The number of aryl methyl sites for hydroxylation is 1. The van der Waals surface area contributed by atoms with Gasteiger partial charge < -0.3 is 9.88 Å². The van der Waals surface area contributed by atoms with Crippen molar-refractivity contribution in [2.24, 2.45) is 5.92 Å². The lowest BCUT2D eigenvalue weighted by Crippen LogP contribution is -2.42.